The van der Waals surface area contributed by atoms with Crippen LogP contribution < -0.4 is 9.47 Å². The maximum absolute atomic E-state index is 6.02. The van der Waals surface area contributed by atoms with E-state index in [1.165, 1.54) is 0 Å². The van der Waals surface area contributed by atoms with Crippen molar-refractivity contribution in [2.24, 2.45) is 5.92 Å². The molecule has 0 atom stereocenters. The van der Waals surface area contributed by atoms with Gasteiger partial charge in [0, 0.05) is 37.0 Å². The zero-order chi connectivity index (χ0) is 18.0. The molecule has 1 aromatic heterocycles. The van der Waals surface area contributed by atoms with E-state index in [0.717, 1.165) is 59.3 Å². The summed E-state index contributed by atoms with van der Waals surface area (Å²) < 4.78 is 11.6. The molecule has 2 heterocycles. The van der Waals surface area contributed by atoms with Crippen LogP contribution in [0.25, 0.3) is 11.3 Å². The number of nitrogens with zero attached hydrogens (tertiary/aromatic N) is 3. The molecule has 0 bridgehead atoms. The molecule has 2 aromatic rings. The van der Waals surface area contributed by atoms with Crippen LogP contribution in [0.3, 0.4) is 0 Å². The maximum atomic E-state index is 6.02. The number of benzene rings is 1. The Balaban J connectivity index is 2.05. The zero-order valence-electron chi connectivity index (χ0n) is 15.8. The molecule has 134 valence electrons. The van der Waals surface area contributed by atoms with Crippen molar-refractivity contribution < 1.29 is 9.47 Å². The fraction of sp³-hybridized carbons (Fsp3) is 0.500. The van der Waals surface area contributed by atoms with E-state index < -0.39 is 0 Å². The van der Waals surface area contributed by atoms with Crippen LogP contribution in [0.2, 0.25) is 0 Å². The molecule has 3 rings (SSSR count). The van der Waals surface area contributed by atoms with Crippen molar-refractivity contribution in [3.05, 3.63) is 35.3 Å². The molecular weight excluding hydrogens is 314 g/mol. The molecule has 1 aliphatic rings. The lowest BCUT2D eigenvalue weighted by Crippen LogP contribution is -2.29. The highest BCUT2D eigenvalue weighted by molar-refractivity contribution is 5.68. The summed E-state index contributed by atoms with van der Waals surface area (Å²) in [5.41, 5.74) is 4.91. The zero-order valence-corrected chi connectivity index (χ0v) is 15.8. The topological polar surface area (TPSA) is 47.5 Å². The number of aromatic nitrogens is 2. The second-order valence-electron chi connectivity index (χ2n) is 7.09. The molecule has 25 heavy (non-hydrogen) atoms. The Morgan fingerprint density at radius 2 is 2.08 bits per heavy atom. The van der Waals surface area contributed by atoms with Crippen LogP contribution in [0.15, 0.2) is 18.3 Å². The molecule has 1 aromatic carbocycles. The molecular formula is C20H27N3O2. The molecule has 5 heteroatoms. The van der Waals surface area contributed by atoms with Gasteiger partial charge in [0.2, 0.25) is 0 Å². The Morgan fingerprint density at radius 1 is 1.28 bits per heavy atom. The van der Waals surface area contributed by atoms with E-state index in [1.54, 1.807) is 13.3 Å². The fourth-order valence-corrected chi connectivity index (χ4v) is 3.31. The summed E-state index contributed by atoms with van der Waals surface area (Å²) in [7, 11) is 1.69. The predicted octanol–water partition coefficient (Wildman–Crippen LogP) is 3.62. The summed E-state index contributed by atoms with van der Waals surface area (Å²) in [4.78, 5) is 11.6. The minimum atomic E-state index is 0.622. The Hall–Kier alpha value is -2.14. The second kappa shape index (κ2) is 7.40. The summed E-state index contributed by atoms with van der Waals surface area (Å²) in [6.45, 7) is 12.0. The summed E-state index contributed by atoms with van der Waals surface area (Å²) in [5, 5.41) is 0. The van der Waals surface area contributed by atoms with Crippen molar-refractivity contribution >= 4 is 0 Å². The van der Waals surface area contributed by atoms with E-state index in [2.05, 4.69) is 34.8 Å². The lowest BCUT2D eigenvalue weighted by Gasteiger charge is -2.21. The molecule has 5 nitrogen and oxygen atoms in total. The Bertz CT molecular complexity index is 759. The van der Waals surface area contributed by atoms with Gasteiger partial charge in [0.15, 0.2) is 11.5 Å². The van der Waals surface area contributed by atoms with E-state index >= 15 is 0 Å². The van der Waals surface area contributed by atoms with E-state index in [9.17, 15) is 0 Å². The van der Waals surface area contributed by atoms with Crippen molar-refractivity contribution in [3.8, 4) is 22.8 Å². The summed E-state index contributed by atoms with van der Waals surface area (Å²) in [5.74, 6) is 2.24. The Morgan fingerprint density at radius 3 is 2.80 bits per heavy atom. The molecule has 0 unspecified atom stereocenters. The van der Waals surface area contributed by atoms with Crippen molar-refractivity contribution in [2.75, 3.05) is 26.8 Å². The van der Waals surface area contributed by atoms with Gasteiger partial charge in [-0.25, -0.2) is 4.98 Å². The number of fused-ring (bicyclic) bond motifs is 1. The Labute approximate surface area is 150 Å². The average Bonchev–Trinajstić information content (AvgIpc) is 2.77. The lowest BCUT2D eigenvalue weighted by molar-refractivity contribution is 0.205. The number of rotatable bonds is 4. The standard InChI is InChI=1S/C20H27N3O2/c1-13(2)11-23-6-7-25-20-17(12-23)8-16(9-18(20)24-5)19-15(4)21-10-14(3)22-19/h8-10,13H,6-7,11-12H2,1-5H3. The van der Waals surface area contributed by atoms with Crippen LogP contribution in [0, 0.1) is 19.8 Å². The lowest BCUT2D eigenvalue weighted by atomic mass is 10.0. The molecule has 0 saturated carbocycles. The largest absolute Gasteiger partial charge is 0.493 e. The summed E-state index contributed by atoms with van der Waals surface area (Å²) in [6.07, 6.45) is 1.80. The number of aryl methyl sites for hydroxylation is 2. The molecule has 0 fully saturated rings. The van der Waals surface area contributed by atoms with Gasteiger partial charge in [0.25, 0.3) is 0 Å². The highest BCUT2D eigenvalue weighted by Crippen LogP contribution is 2.38. The van der Waals surface area contributed by atoms with Gasteiger partial charge >= 0.3 is 0 Å². The van der Waals surface area contributed by atoms with Crippen molar-refractivity contribution in [1.29, 1.82) is 0 Å². The van der Waals surface area contributed by atoms with Crippen LogP contribution >= 0.6 is 0 Å². The molecule has 0 N–H and O–H groups in total. The first kappa shape index (κ1) is 17.7. The van der Waals surface area contributed by atoms with Crippen LogP contribution in [-0.4, -0.2) is 41.7 Å². The number of ether oxygens (including phenoxy) is 2. The highest BCUT2D eigenvalue weighted by Gasteiger charge is 2.21. The molecule has 0 amide bonds. The third-order valence-corrected chi connectivity index (χ3v) is 4.37. The Kier molecular flexibility index (Phi) is 5.23. The molecule has 0 spiro atoms. The van der Waals surface area contributed by atoms with Crippen LogP contribution in [0.4, 0.5) is 0 Å². The second-order valence-corrected chi connectivity index (χ2v) is 7.09. The maximum Gasteiger partial charge on any atom is 0.165 e. The molecule has 1 aliphatic heterocycles. The highest BCUT2D eigenvalue weighted by atomic mass is 16.5. The first-order valence-electron chi connectivity index (χ1n) is 8.84. The van der Waals surface area contributed by atoms with Crippen molar-refractivity contribution in [1.82, 2.24) is 14.9 Å². The SMILES string of the molecule is COc1cc(-c2nc(C)cnc2C)cc2c1OCCN(CC(C)C)C2. The van der Waals surface area contributed by atoms with Gasteiger partial charge in [-0.2, -0.15) is 0 Å². The normalized spacial score (nSPS) is 14.8. The third kappa shape index (κ3) is 3.93. The smallest absolute Gasteiger partial charge is 0.165 e. The van der Waals surface area contributed by atoms with Gasteiger partial charge in [0.05, 0.1) is 24.2 Å². The van der Waals surface area contributed by atoms with Crippen LogP contribution in [0.5, 0.6) is 11.5 Å². The number of hydrogen-bond acceptors (Lipinski definition) is 5. The van der Waals surface area contributed by atoms with Gasteiger partial charge in [-0.1, -0.05) is 13.8 Å². The third-order valence-electron chi connectivity index (χ3n) is 4.37. The first-order valence-corrected chi connectivity index (χ1v) is 8.84. The molecule has 0 aliphatic carbocycles. The minimum Gasteiger partial charge on any atom is -0.493 e. The fourth-order valence-electron chi connectivity index (χ4n) is 3.31. The van der Waals surface area contributed by atoms with Gasteiger partial charge in [-0.15, -0.1) is 0 Å². The predicted molar refractivity (Wildman–Crippen MR) is 99.1 cm³/mol. The number of methoxy groups -OCH3 is 1. The van der Waals surface area contributed by atoms with Gasteiger partial charge < -0.3 is 9.47 Å². The van der Waals surface area contributed by atoms with E-state index in [0.29, 0.717) is 12.5 Å². The van der Waals surface area contributed by atoms with Crippen molar-refractivity contribution in [3.63, 3.8) is 0 Å². The van der Waals surface area contributed by atoms with Crippen LogP contribution in [-0.2, 0) is 6.54 Å². The van der Waals surface area contributed by atoms with E-state index in [4.69, 9.17) is 9.47 Å². The van der Waals surface area contributed by atoms with Crippen LogP contribution in [0.1, 0.15) is 30.8 Å². The average molecular weight is 341 g/mol. The minimum absolute atomic E-state index is 0.622. The van der Waals surface area contributed by atoms with Gasteiger partial charge in [-0.05, 0) is 31.9 Å². The molecule has 0 radical (unpaired) electrons. The van der Waals surface area contributed by atoms with E-state index in [-0.39, 0.29) is 0 Å². The summed E-state index contributed by atoms with van der Waals surface area (Å²) >= 11 is 0. The van der Waals surface area contributed by atoms with Crippen molar-refractivity contribution in [2.45, 2.75) is 34.2 Å². The van der Waals surface area contributed by atoms with Gasteiger partial charge in [-0.3, -0.25) is 9.88 Å². The first-order chi connectivity index (χ1) is 12.0. The number of hydrogen-bond donors (Lipinski definition) is 0. The van der Waals surface area contributed by atoms with E-state index in [1.807, 2.05) is 19.9 Å². The molecule has 0 saturated heterocycles. The monoisotopic (exact) mass is 341 g/mol. The summed E-state index contributed by atoms with van der Waals surface area (Å²) in [6, 6.07) is 4.18. The van der Waals surface area contributed by atoms with Gasteiger partial charge in [0.1, 0.15) is 6.61 Å². The quantitative estimate of drug-likeness (QED) is 0.850.